The van der Waals surface area contributed by atoms with Gasteiger partial charge in [0.15, 0.2) is 5.82 Å². The first-order valence-corrected chi connectivity index (χ1v) is 7.23. The molecule has 0 aliphatic rings. The first kappa shape index (κ1) is 14.7. The Morgan fingerprint density at radius 3 is 2.79 bits per heavy atom. The number of hydrogen-bond acceptors (Lipinski definition) is 4. The number of ether oxygens (including phenoxy) is 1. The lowest BCUT2D eigenvalue weighted by atomic mass is 10.3. The van der Waals surface area contributed by atoms with E-state index in [1.807, 2.05) is 4.57 Å². The Balaban J connectivity index is 2.53. The summed E-state index contributed by atoms with van der Waals surface area (Å²) in [5.41, 5.74) is 1.64. The average molecular weight is 393 g/mol. The van der Waals surface area contributed by atoms with Crippen LogP contribution in [0.3, 0.4) is 0 Å². The van der Waals surface area contributed by atoms with Crippen molar-refractivity contribution in [3.8, 4) is 11.5 Å². The molecule has 5 nitrogen and oxygen atoms in total. The van der Waals surface area contributed by atoms with Gasteiger partial charge in [-0.3, -0.25) is 0 Å². The molecule has 2 rings (SSSR count). The number of rotatable bonds is 4. The van der Waals surface area contributed by atoms with Crippen LogP contribution in [0.2, 0.25) is 5.15 Å². The zero-order chi connectivity index (χ0) is 14.0. The van der Waals surface area contributed by atoms with Gasteiger partial charge < -0.3 is 9.30 Å². The monoisotopic (exact) mass is 392 g/mol. The molecule has 7 heteroatoms. The molecule has 0 bridgehead atoms. The number of imidazole rings is 1. The molecule has 2 aromatic heterocycles. The molecule has 0 radical (unpaired) electrons. The molecule has 0 N–H and O–H groups in total. The zero-order valence-electron chi connectivity index (χ0n) is 10.9. The quantitative estimate of drug-likeness (QED) is 0.592. The normalized spacial score (nSPS) is 11.3. The van der Waals surface area contributed by atoms with Gasteiger partial charge in [0.05, 0.1) is 28.4 Å². The number of halogens is 2. The van der Waals surface area contributed by atoms with Gasteiger partial charge in [0.2, 0.25) is 0 Å². The van der Waals surface area contributed by atoms with E-state index in [9.17, 15) is 0 Å². The Labute approximate surface area is 130 Å². The average Bonchev–Trinajstić information content (AvgIpc) is 2.84. The predicted molar refractivity (Wildman–Crippen MR) is 82.1 cm³/mol. The molecule has 0 saturated heterocycles. The van der Waals surface area contributed by atoms with Gasteiger partial charge in [0.1, 0.15) is 10.8 Å². The molecule has 102 valence electrons. The summed E-state index contributed by atoms with van der Waals surface area (Å²) in [4.78, 5) is 13.0. The van der Waals surface area contributed by atoms with E-state index in [4.69, 9.17) is 16.3 Å². The van der Waals surface area contributed by atoms with Crippen LogP contribution < -0.4 is 0 Å². The van der Waals surface area contributed by atoms with Crippen molar-refractivity contribution in [2.24, 2.45) is 0 Å². The van der Waals surface area contributed by atoms with Crippen LogP contribution in [0.1, 0.15) is 25.6 Å². The highest BCUT2D eigenvalue weighted by molar-refractivity contribution is 14.1. The van der Waals surface area contributed by atoms with E-state index in [1.165, 1.54) is 0 Å². The van der Waals surface area contributed by atoms with Crippen LogP contribution in [0.4, 0.5) is 0 Å². The molecule has 0 aliphatic heterocycles. The molecular formula is C12H14ClIN4O. The third kappa shape index (κ3) is 3.06. The summed E-state index contributed by atoms with van der Waals surface area (Å²) in [6.07, 6.45) is 3.51. The summed E-state index contributed by atoms with van der Waals surface area (Å²) < 4.78 is 7.97. The third-order valence-electron chi connectivity index (χ3n) is 2.61. The highest BCUT2D eigenvalue weighted by atomic mass is 127. The van der Waals surface area contributed by atoms with Crippen LogP contribution in [0.5, 0.6) is 0 Å². The van der Waals surface area contributed by atoms with Gasteiger partial charge in [-0.2, -0.15) is 0 Å². The van der Waals surface area contributed by atoms with Crippen molar-refractivity contribution in [1.29, 1.82) is 0 Å². The molecule has 0 fully saturated rings. The van der Waals surface area contributed by atoms with E-state index in [0.29, 0.717) is 17.6 Å². The maximum Gasteiger partial charge on any atom is 0.179 e. The van der Waals surface area contributed by atoms with Crippen molar-refractivity contribution in [3.05, 3.63) is 26.9 Å². The van der Waals surface area contributed by atoms with Gasteiger partial charge >= 0.3 is 0 Å². The van der Waals surface area contributed by atoms with E-state index >= 15 is 0 Å². The second-order valence-corrected chi connectivity index (χ2v) is 5.75. The fraction of sp³-hybridized carbons (Fsp3) is 0.417. The maximum absolute atomic E-state index is 6.16. The molecule has 0 atom stereocenters. The van der Waals surface area contributed by atoms with Gasteiger partial charge in [-0.25, -0.2) is 15.0 Å². The topological polar surface area (TPSA) is 52.8 Å². The SMILES string of the molecule is COCc1nc(-c2cncn2C(C)C)nc(Cl)c1I. The summed E-state index contributed by atoms with van der Waals surface area (Å²) in [6.45, 7) is 4.56. The zero-order valence-corrected chi connectivity index (χ0v) is 13.8. The minimum absolute atomic E-state index is 0.282. The fourth-order valence-corrected chi connectivity index (χ4v) is 2.29. The minimum Gasteiger partial charge on any atom is -0.378 e. The van der Waals surface area contributed by atoms with Crippen LogP contribution >= 0.6 is 34.2 Å². The minimum atomic E-state index is 0.282. The highest BCUT2D eigenvalue weighted by Crippen LogP contribution is 2.25. The fourth-order valence-electron chi connectivity index (χ4n) is 1.70. The molecule has 0 unspecified atom stereocenters. The highest BCUT2D eigenvalue weighted by Gasteiger charge is 2.15. The number of aromatic nitrogens is 4. The molecule has 2 heterocycles. The van der Waals surface area contributed by atoms with Crippen molar-refractivity contribution in [2.45, 2.75) is 26.5 Å². The maximum atomic E-state index is 6.16. The molecule has 0 aliphatic carbocycles. The third-order valence-corrected chi connectivity index (χ3v) is 4.34. The molecule has 0 saturated carbocycles. The first-order chi connectivity index (χ1) is 9.04. The van der Waals surface area contributed by atoms with Crippen LogP contribution in [0.15, 0.2) is 12.5 Å². The Kier molecular flexibility index (Phi) is 4.75. The van der Waals surface area contributed by atoms with Crippen LogP contribution in [0.25, 0.3) is 11.5 Å². The van der Waals surface area contributed by atoms with E-state index in [0.717, 1.165) is 15.0 Å². The summed E-state index contributed by atoms with van der Waals surface area (Å²) in [6, 6.07) is 0.282. The molecule has 0 amide bonds. The lowest BCUT2D eigenvalue weighted by Gasteiger charge is -2.12. The van der Waals surface area contributed by atoms with Gasteiger partial charge in [-0.1, -0.05) is 11.6 Å². The number of hydrogen-bond donors (Lipinski definition) is 0. The number of methoxy groups -OCH3 is 1. The Bertz CT molecular complexity index is 585. The van der Waals surface area contributed by atoms with Gasteiger partial charge in [-0.05, 0) is 36.4 Å². The lowest BCUT2D eigenvalue weighted by molar-refractivity contribution is 0.181. The van der Waals surface area contributed by atoms with Crippen molar-refractivity contribution in [1.82, 2.24) is 19.5 Å². The Morgan fingerprint density at radius 2 is 2.16 bits per heavy atom. The van der Waals surface area contributed by atoms with E-state index in [-0.39, 0.29) is 6.04 Å². The van der Waals surface area contributed by atoms with Crippen molar-refractivity contribution < 1.29 is 4.74 Å². The summed E-state index contributed by atoms with van der Waals surface area (Å²) in [5.74, 6) is 0.573. The summed E-state index contributed by atoms with van der Waals surface area (Å²) in [7, 11) is 1.63. The molecule has 19 heavy (non-hydrogen) atoms. The van der Waals surface area contributed by atoms with E-state index in [1.54, 1.807) is 19.6 Å². The predicted octanol–water partition coefficient (Wildman–Crippen LogP) is 3.33. The van der Waals surface area contributed by atoms with E-state index < -0.39 is 0 Å². The second kappa shape index (κ2) is 6.15. The van der Waals surface area contributed by atoms with Gasteiger partial charge in [0.25, 0.3) is 0 Å². The smallest absolute Gasteiger partial charge is 0.179 e. The molecule has 0 aromatic carbocycles. The second-order valence-electron chi connectivity index (χ2n) is 4.31. The van der Waals surface area contributed by atoms with Crippen molar-refractivity contribution in [2.75, 3.05) is 7.11 Å². The van der Waals surface area contributed by atoms with Gasteiger partial charge in [0, 0.05) is 13.2 Å². The first-order valence-electron chi connectivity index (χ1n) is 5.77. The summed E-state index contributed by atoms with van der Waals surface area (Å²) in [5, 5.41) is 0.439. The molecule has 2 aromatic rings. The van der Waals surface area contributed by atoms with Crippen molar-refractivity contribution >= 4 is 34.2 Å². The number of nitrogens with zero attached hydrogens (tertiary/aromatic N) is 4. The molecular weight excluding hydrogens is 379 g/mol. The van der Waals surface area contributed by atoms with E-state index in [2.05, 4.69) is 51.4 Å². The van der Waals surface area contributed by atoms with Crippen LogP contribution in [-0.4, -0.2) is 26.6 Å². The van der Waals surface area contributed by atoms with Crippen LogP contribution in [-0.2, 0) is 11.3 Å². The standard InChI is InChI=1S/C12H14ClIN4O/c1-7(2)18-6-15-4-9(18)12-16-8(5-19-3)10(14)11(13)17-12/h4,6-7H,5H2,1-3H3. The summed E-state index contributed by atoms with van der Waals surface area (Å²) >= 11 is 8.29. The van der Waals surface area contributed by atoms with Crippen LogP contribution in [0, 0.1) is 3.57 Å². The largest absolute Gasteiger partial charge is 0.378 e. The van der Waals surface area contributed by atoms with Gasteiger partial charge in [-0.15, -0.1) is 0 Å². The Morgan fingerprint density at radius 1 is 1.42 bits per heavy atom. The van der Waals surface area contributed by atoms with Crippen molar-refractivity contribution in [3.63, 3.8) is 0 Å². The Hall–Kier alpha value is -0.730. The lowest BCUT2D eigenvalue weighted by Crippen LogP contribution is -2.06. The molecule has 0 spiro atoms.